The number of hydrogen-bond donors (Lipinski definition) is 0. The highest BCUT2D eigenvalue weighted by atomic mass is 15.1. The second-order valence-electron chi connectivity index (χ2n) is 12.5. The Morgan fingerprint density at radius 3 is 1.62 bits per heavy atom. The summed E-state index contributed by atoms with van der Waals surface area (Å²) in [7, 11) is 0. The SMILES string of the molecule is c1ccc(-c2cc(-c3ccccc3)nc(-c3cccc(-n4c5ccccc5c5ccc6c(c7ccccc7n6-c6ccccc6)c54)n3)n2)cc1. The number of hydrogen-bond acceptors (Lipinski definition) is 3. The second-order valence-corrected chi connectivity index (χ2v) is 12.5. The Morgan fingerprint density at radius 2 is 0.940 bits per heavy atom. The molecule has 0 amide bonds. The highest BCUT2D eigenvalue weighted by Crippen LogP contribution is 2.41. The molecule has 234 valence electrons. The van der Waals surface area contributed by atoms with Gasteiger partial charge in [0.1, 0.15) is 11.5 Å². The van der Waals surface area contributed by atoms with Crippen LogP contribution >= 0.6 is 0 Å². The highest BCUT2D eigenvalue weighted by Gasteiger charge is 2.21. The molecular weight excluding hydrogens is 611 g/mol. The van der Waals surface area contributed by atoms with Crippen molar-refractivity contribution in [3.05, 3.63) is 176 Å². The summed E-state index contributed by atoms with van der Waals surface area (Å²) in [5.41, 5.74) is 10.2. The smallest absolute Gasteiger partial charge is 0.179 e. The Bertz CT molecular complexity index is 2800. The van der Waals surface area contributed by atoms with Crippen LogP contribution in [0.5, 0.6) is 0 Å². The van der Waals surface area contributed by atoms with Gasteiger partial charge in [-0.3, -0.25) is 4.57 Å². The van der Waals surface area contributed by atoms with Gasteiger partial charge in [0, 0.05) is 38.4 Å². The van der Waals surface area contributed by atoms with Crippen LogP contribution in [0.25, 0.3) is 89.2 Å². The van der Waals surface area contributed by atoms with Gasteiger partial charge in [0.25, 0.3) is 0 Å². The van der Waals surface area contributed by atoms with E-state index in [-0.39, 0.29) is 0 Å². The molecule has 0 aliphatic carbocycles. The van der Waals surface area contributed by atoms with E-state index in [4.69, 9.17) is 15.0 Å². The standard InChI is InChI=1S/C45H29N5/c1-4-15-30(16-5-1)37-29-38(31-17-6-2-7-18-31)48-45(47-37)36-23-14-26-42(46-36)50-39-24-12-10-21-33(39)34-27-28-41-43(44(34)50)35-22-11-13-25-40(35)49(41)32-19-8-3-9-20-32/h1-29H. The summed E-state index contributed by atoms with van der Waals surface area (Å²) in [4.78, 5) is 15.5. The zero-order valence-electron chi connectivity index (χ0n) is 27.0. The third kappa shape index (κ3) is 4.45. The Labute approximate surface area is 288 Å². The molecule has 0 fully saturated rings. The monoisotopic (exact) mass is 639 g/mol. The zero-order chi connectivity index (χ0) is 33.0. The van der Waals surface area contributed by atoms with Crippen LogP contribution in [0.15, 0.2) is 176 Å². The van der Waals surface area contributed by atoms with Gasteiger partial charge in [-0.1, -0.05) is 127 Å². The number of aromatic nitrogens is 5. The number of nitrogens with zero attached hydrogens (tertiary/aromatic N) is 5. The van der Waals surface area contributed by atoms with Crippen molar-refractivity contribution in [3.63, 3.8) is 0 Å². The van der Waals surface area contributed by atoms with Gasteiger partial charge in [-0.25, -0.2) is 15.0 Å². The lowest BCUT2D eigenvalue weighted by molar-refractivity contribution is 1.06. The maximum absolute atomic E-state index is 5.34. The quantitative estimate of drug-likeness (QED) is 0.188. The van der Waals surface area contributed by atoms with Gasteiger partial charge in [-0.15, -0.1) is 0 Å². The normalized spacial score (nSPS) is 11.6. The molecule has 0 bridgehead atoms. The molecule has 0 unspecified atom stereocenters. The van der Waals surface area contributed by atoms with Gasteiger partial charge in [-0.05, 0) is 48.5 Å². The van der Waals surface area contributed by atoms with Crippen LogP contribution in [-0.4, -0.2) is 24.1 Å². The second kappa shape index (κ2) is 11.4. The summed E-state index contributed by atoms with van der Waals surface area (Å²) in [5, 5.41) is 4.76. The molecule has 5 heteroatoms. The minimum Gasteiger partial charge on any atom is -0.309 e. The van der Waals surface area contributed by atoms with E-state index in [1.54, 1.807) is 0 Å². The lowest BCUT2D eigenvalue weighted by atomic mass is 10.1. The molecule has 0 N–H and O–H groups in total. The molecule has 4 aromatic heterocycles. The lowest BCUT2D eigenvalue weighted by Crippen LogP contribution is -2.02. The fraction of sp³-hybridized carbons (Fsp3) is 0. The van der Waals surface area contributed by atoms with Gasteiger partial charge in [0.05, 0.1) is 33.5 Å². The van der Waals surface area contributed by atoms with Gasteiger partial charge >= 0.3 is 0 Å². The Kier molecular flexibility index (Phi) is 6.42. The molecule has 0 aliphatic rings. The molecule has 5 nitrogen and oxygen atoms in total. The molecule has 0 atom stereocenters. The largest absolute Gasteiger partial charge is 0.309 e. The van der Waals surface area contributed by atoms with E-state index in [0.717, 1.165) is 50.6 Å². The van der Waals surface area contributed by atoms with E-state index in [1.807, 2.05) is 42.5 Å². The summed E-state index contributed by atoms with van der Waals surface area (Å²) < 4.78 is 4.68. The third-order valence-electron chi connectivity index (χ3n) is 9.54. The van der Waals surface area contributed by atoms with Crippen molar-refractivity contribution in [1.82, 2.24) is 24.1 Å². The van der Waals surface area contributed by atoms with Crippen molar-refractivity contribution in [3.8, 4) is 45.5 Å². The summed E-state index contributed by atoms with van der Waals surface area (Å²) in [6.45, 7) is 0. The van der Waals surface area contributed by atoms with Crippen molar-refractivity contribution in [2.75, 3.05) is 0 Å². The molecular formula is C45H29N5. The number of para-hydroxylation sites is 3. The highest BCUT2D eigenvalue weighted by molar-refractivity contribution is 6.26. The van der Waals surface area contributed by atoms with Crippen LogP contribution in [0.3, 0.4) is 0 Å². The molecule has 0 aliphatic heterocycles. The maximum Gasteiger partial charge on any atom is 0.179 e. The predicted molar refractivity (Wildman–Crippen MR) is 205 cm³/mol. The van der Waals surface area contributed by atoms with Gasteiger partial charge < -0.3 is 4.57 Å². The third-order valence-corrected chi connectivity index (χ3v) is 9.54. The van der Waals surface area contributed by atoms with Gasteiger partial charge in [0.15, 0.2) is 5.82 Å². The summed E-state index contributed by atoms with van der Waals surface area (Å²) in [6, 6.07) is 61.2. The van der Waals surface area contributed by atoms with E-state index in [1.165, 1.54) is 27.1 Å². The zero-order valence-corrected chi connectivity index (χ0v) is 27.0. The van der Waals surface area contributed by atoms with Crippen molar-refractivity contribution in [2.45, 2.75) is 0 Å². The van der Waals surface area contributed by atoms with Crippen LogP contribution in [0.4, 0.5) is 0 Å². The molecule has 10 rings (SSSR count). The van der Waals surface area contributed by atoms with E-state index in [9.17, 15) is 0 Å². The van der Waals surface area contributed by atoms with Gasteiger partial charge in [-0.2, -0.15) is 0 Å². The van der Waals surface area contributed by atoms with Gasteiger partial charge in [0.2, 0.25) is 0 Å². The molecule has 0 spiro atoms. The Balaban J connectivity index is 1.25. The number of rotatable bonds is 5. The topological polar surface area (TPSA) is 48.5 Å². The van der Waals surface area contributed by atoms with Crippen LogP contribution in [0.2, 0.25) is 0 Å². The molecule has 0 saturated carbocycles. The molecule has 4 heterocycles. The number of pyridine rings is 1. The summed E-state index contributed by atoms with van der Waals surface area (Å²) in [5.74, 6) is 1.39. The average molecular weight is 640 g/mol. The van der Waals surface area contributed by atoms with Crippen molar-refractivity contribution < 1.29 is 0 Å². The fourth-order valence-corrected chi connectivity index (χ4v) is 7.35. The van der Waals surface area contributed by atoms with E-state index in [2.05, 4.69) is 143 Å². The van der Waals surface area contributed by atoms with E-state index in [0.29, 0.717) is 11.5 Å². The van der Waals surface area contributed by atoms with Crippen LogP contribution in [0, 0.1) is 0 Å². The first kappa shape index (κ1) is 28.2. The van der Waals surface area contributed by atoms with Crippen molar-refractivity contribution in [1.29, 1.82) is 0 Å². The van der Waals surface area contributed by atoms with Crippen molar-refractivity contribution in [2.24, 2.45) is 0 Å². The Morgan fingerprint density at radius 1 is 0.360 bits per heavy atom. The van der Waals surface area contributed by atoms with E-state index >= 15 is 0 Å². The first-order valence-corrected chi connectivity index (χ1v) is 16.8. The number of benzene rings is 6. The van der Waals surface area contributed by atoms with Crippen LogP contribution in [-0.2, 0) is 0 Å². The first-order valence-electron chi connectivity index (χ1n) is 16.8. The predicted octanol–water partition coefficient (Wildman–Crippen LogP) is 11.1. The number of fused-ring (bicyclic) bond motifs is 7. The average Bonchev–Trinajstić information content (AvgIpc) is 3.72. The minimum atomic E-state index is 0.582. The van der Waals surface area contributed by atoms with Crippen LogP contribution < -0.4 is 0 Å². The first-order chi connectivity index (χ1) is 24.8. The Hall–Kier alpha value is -6.85. The van der Waals surface area contributed by atoms with E-state index < -0.39 is 0 Å². The minimum absolute atomic E-state index is 0.582. The molecule has 6 aromatic carbocycles. The summed E-state index contributed by atoms with van der Waals surface area (Å²) in [6.07, 6.45) is 0. The fourth-order valence-electron chi connectivity index (χ4n) is 7.35. The lowest BCUT2D eigenvalue weighted by Gasteiger charge is -2.12. The van der Waals surface area contributed by atoms with Crippen molar-refractivity contribution >= 4 is 43.6 Å². The summed E-state index contributed by atoms with van der Waals surface area (Å²) >= 11 is 0. The molecule has 0 radical (unpaired) electrons. The molecule has 50 heavy (non-hydrogen) atoms. The maximum atomic E-state index is 5.34. The molecule has 0 saturated heterocycles. The molecule has 10 aromatic rings. The van der Waals surface area contributed by atoms with Crippen LogP contribution in [0.1, 0.15) is 0 Å².